The second kappa shape index (κ2) is 3.81. The third kappa shape index (κ3) is 1.82. The molecule has 1 aliphatic rings. The third-order valence-electron chi connectivity index (χ3n) is 3.72. The summed E-state index contributed by atoms with van der Waals surface area (Å²) in [6.45, 7) is 4.26. The van der Waals surface area contributed by atoms with Crippen LogP contribution in [0, 0.1) is 5.82 Å². The van der Waals surface area contributed by atoms with Crippen molar-refractivity contribution < 1.29 is 4.39 Å². The Morgan fingerprint density at radius 2 is 2.06 bits per heavy atom. The summed E-state index contributed by atoms with van der Waals surface area (Å²) in [7, 11) is 0. The summed E-state index contributed by atoms with van der Waals surface area (Å²) < 4.78 is 13.1. The SMILES string of the molecule is CC1(c2nc3ccc(F)cc3[nH]2)CCNCC1. The predicted molar refractivity (Wildman–Crippen MR) is 65.5 cm³/mol. The highest BCUT2D eigenvalue weighted by Gasteiger charge is 2.31. The van der Waals surface area contributed by atoms with Crippen LogP contribution in [0.5, 0.6) is 0 Å². The van der Waals surface area contributed by atoms with E-state index in [4.69, 9.17) is 0 Å². The Labute approximate surface area is 99.4 Å². The first-order chi connectivity index (χ1) is 8.17. The van der Waals surface area contributed by atoms with Crippen LogP contribution >= 0.6 is 0 Å². The molecule has 0 radical (unpaired) electrons. The molecule has 1 aliphatic heterocycles. The van der Waals surface area contributed by atoms with Gasteiger partial charge in [0, 0.05) is 5.41 Å². The van der Waals surface area contributed by atoms with E-state index >= 15 is 0 Å². The molecule has 0 atom stereocenters. The molecule has 3 rings (SSSR count). The molecule has 0 aliphatic carbocycles. The van der Waals surface area contributed by atoms with Gasteiger partial charge in [-0.1, -0.05) is 6.92 Å². The lowest BCUT2D eigenvalue weighted by Gasteiger charge is -2.32. The van der Waals surface area contributed by atoms with Crippen molar-refractivity contribution in [2.45, 2.75) is 25.2 Å². The second-order valence-electron chi connectivity index (χ2n) is 5.06. The van der Waals surface area contributed by atoms with Crippen LogP contribution in [0.2, 0.25) is 0 Å². The van der Waals surface area contributed by atoms with Crippen molar-refractivity contribution in [3.8, 4) is 0 Å². The van der Waals surface area contributed by atoms with Gasteiger partial charge in [0.15, 0.2) is 0 Å². The number of fused-ring (bicyclic) bond motifs is 1. The molecular weight excluding hydrogens is 217 g/mol. The van der Waals surface area contributed by atoms with Gasteiger partial charge in [0.1, 0.15) is 11.6 Å². The number of nitrogens with one attached hydrogen (secondary N) is 2. The minimum atomic E-state index is -0.219. The summed E-state index contributed by atoms with van der Waals surface area (Å²) in [5, 5.41) is 3.35. The van der Waals surface area contributed by atoms with Crippen molar-refractivity contribution in [3.63, 3.8) is 0 Å². The van der Waals surface area contributed by atoms with Crippen LogP contribution in [0.1, 0.15) is 25.6 Å². The van der Waals surface area contributed by atoms with E-state index in [0.717, 1.165) is 42.8 Å². The molecule has 2 heterocycles. The van der Waals surface area contributed by atoms with Gasteiger partial charge in [-0.25, -0.2) is 9.37 Å². The molecule has 0 unspecified atom stereocenters. The Morgan fingerprint density at radius 3 is 2.82 bits per heavy atom. The molecule has 17 heavy (non-hydrogen) atoms. The van der Waals surface area contributed by atoms with Gasteiger partial charge in [0.05, 0.1) is 11.0 Å². The zero-order chi connectivity index (χ0) is 11.9. The molecule has 2 N–H and O–H groups in total. The maximum Gasteiger partial charge on any atom is 0.125 e. The number of H-pyrrole nitrogens is 1. The van der Waals surface area contributed by atoms with Gasteiger partial charge < -0.3 is 10.3 Å². The van der Waals surface area contributed by atoms with E-state index in [-0.39, 0.29) is 11.2 Å². The summed E-state index contributed by atoms with van der Waals surface area (Å²) in [5.41, 5.74) is 1.72. The fraction of sp³-hybridized carbons (Fsp3) is 0.462. The molecule has 4 heteroatoms. The van der Waals surface area contributed by atoms with E-state index in [0.29, 0.717) is 0 Å². The number of halogens is 1. The normalized spacial score (nSPS) is 19.6. The number of piperidine rings is 1. The van der Waals surface area contributed by atoms with E-state index in [9.17, 15) is 4.39 Å². The summed E-state index contributed by atoms with van der Waals surface area (Å²) in [6.07, 6.45) is 2.13. The number of aromatic amines is 1. The number of benzene rings is 1. The highest BCUT2D eigenvalue weighted by Crippen LogP contribution is 2.32. The molecule has 0 spiro atoms. The molecule has 1 aromatic carbocycles. The van der Waals surface area contributed by atoms with Crippen molar-refractivity contribution in [3.05, 3.63) is 29.8 Å². The minimum Gasteiger partial charge on any atom is -0.341 e. The van der Waals surface area contributed by atoms with Gasteiger partial charge in [0.2, 0.25) is 0 Å². The molecule has 2 aromatic rings. The van der Waals surface area contributed by atoms with Gasteiger partial charge >= 0.3 is 0 Å². The molecule has 1 saturated heterocycles. The first-order valence-corrected chi connectivity index (χ1v) is 6.04. The lowest BCUT2D eigenvalue weighted by molar-refractivity contribution is 0.321. The molecule has 1 aromatic heterocycles. The van der Waals surface area contributed by atoms with Crippen molar-refractivity contribution in [2.75, 3.05) is 13.1 Å². The summed E-state index contributed by atoms with van der Waals surface area (Å²) in [5.74, 6) is 0.766. The van der Waals surface area contributed by atoms with Gasteiger partial charge in [-0.15, -0.1) is 0 Å². The quantitative estimate of drug-likeness (QED) is 0.793. The number of nitrogens with zero attached hydrogens (tertiary/aromatic N) is 1. The summed E-state index contributed by atoms with van der Waals surface area (Å²) >= 11 is 0. The highest BCUT2D eigenvalue weighted by atomic mass is 19.1. The van der Waals surface area contributed by atoms with Gasteiger partial charge in [0.25, 0.3) is 0 Å². The van der Waals surface area contributed by atoms with Gasteiger partial charge in [-0.05, 0) is 44.1 Å². The Morgan fingerprint density at radius 1 is 1.29 bits per heavy atom. The monoisotopic (exact) mass is 233 g/mol. The molecule has 0 saturated carbocycles. The van der Waals surface area contributed by atoms with Gasteiger partial charge in [-0.2, -0.15) is 0 Å². The molecule has 3 nitrogen and oxygen atoms in total. The van der Waals surface area contributed by atoms with Crippen LogP contribution < -0.4 is 5.32 Å². The number of aromatic nitrogens is 2. The Balaban J connectivity index is 2.05. The smallest absolute Gasteiger partial charge is 0.125 e. The Bertz CT molecular complexity index is 541. The molecule has 0 amide bonds. The fourth-order valence-electron chi connectivity index (χ4n) is 2.48. The number of hydrogen-bond acceptors (Lipinski definition) is 2. The van der Waals surface area contributed by atoms with Crippen molar-refractivity contribution in [1.82, 2.24) is 15.3 Å². The fourth-order valence-corrected chi connectivity index (χ4v) is 2.48. The average molecular weight is 233 g/mol. The minimum absolute atomic E-state index is 0.0841. The number of imidazole rings is 1. The molecular formula is C13H16FN3. The average Bonchev–Trinajstić information content (AvgIpc) is 2.73. The number of hydrogen-bond donors (Lipinski definition) is 2. The van der Waals surface area contributed by atoms with E-state index in [2.05, 4.69) is 22.2 Å². The zero-order valence-corrected chi connectivity index (χ0v) is 9.89. The van der Waals surface area contributed by atoms with E-state index in [1.165, 1.54) is 12.1 Å². The lowest BCUT2D eigenvalue weighted by Crippen LogP contribution is -2.38. The Hall–Kier alpha value is -1.42. The first-order valence-electron chi connectivity index (χ1n) is 6.04. The van der Waals surface area contributed by atoms with E-state index in [1.807, 2.05) is 0 Å². The van der Waals surface area contributed by atoms with Crippen LogP contribution in [-0.4, -0.2) is 23.1 Å². The third-order valence-corrected chi connectivity index (χ3v) is 3.72. The van der Waals surface area contributed by atoms with Crippen LogP contribution in [0.15, 0.2) is 18.2 Å². The van der Waals surface area contributed by atoms with Crippen LogP contribution in [-0.2, 0) is 5.41 Å². The summed E-state index contributed by atoms with van der Waals surface area (Å²) in [6, 6.07) is 4.70. The van der Waals surface area contributed by atoms with Crippen LogP contribution in [0.25, 0.3) is 11.0 Å². The summed E-state index contributed by atoms with van der Waals surface area (Å²) in [4.78, 5) is 7.87. The van der Waals surface area contributed by atoms with Crippen LogP contribution in [0.4, 0.5) is 4.39 Å². The van der Waals surface area contributed by atoms with Crippen LogP contribution in [0.3, 0.4) is 0 Å². The number of rotatable bonds is 1. The molecule has 0 bridgehead atoms. The van der Waals surface area contributed by atoms with Crippen molar-refractivity contribution in [2.24, 2.45) is 0 Å². The van der Waals surface area contributed by atoms with Crippen molar-refractivity contribution in [1.29, 1.82) is 0 Å². The molecule has 1 fully saturated rings. The van der Waals surface area contributed by atoms with Gasteiger partial charge in [-0.3, -0.25) is 0 Å². The maximum atomic E-state index is 13.1. The topological polar surface area (TPSA) is 40.7 Å². The zero-order valence-electron chi connectivity index (χ0n) is 9.89. The second-order valence-corrected chi connectivity index (χ2v) is 5.06. The first kappa shape index (κ1) is 10.7. The standard InChI is InChI=1S/C13H16FN3/c1-13(4-6-15-7-5-13)12-16-10-3-2-9(14)8-11(10)17-12/h2-3,8,15H,4-7H2,1H3,(H,16,17). The van der Waals surface area contributed by atoms with E-state index in [1.54, 1.807) is 6.07 Å². The largest absolute Gasteiger partial charge is 0.341 e. The predicted octanol–water partition coefficient (Wildman–Crippen LogP) is 2.34. The highest BCUT2D eigenvalue weighted by molar-refractivity contribution is 5.75. The van der Waals surface area contributed by atoms with Crippen molar-refractivity contribution >= 4 is 11.0 Å². The lowest BCUT2D eigenvalue weighted by atomic mass is 9.80. The Kier molecular flexibility index (Phi) is 2.40. The van der Waals surface area contributed by atoms with E-state index < -0.39 is 0 Å². The molecule has 90 valence electrons. The maximum absolute atomic E-state index is 13.1.